The average Bonchev–Trinajstić information content (AvgIpc) is 3.12. The van der Waals surface area contributed by atoms with E-state index in [1.165, 1.54) is 0 Å². The minimum Gasteiger partial charge on any atom is -0.467 e. The molecule has 0 saturated carbocycles. The number of hydrogen-bond donors (Lipinski definition) is 1. The standard InChI is InChI=1S/C48H85NO12P2/c1-45(2,3)58-62(50,59-46(4,5)6)34-38(32-40-22-15-17-24-43(40)56-36-54-29-27-52-13)31-39(21-19-20-26-49)42(35-63(51,60-47(7,8)9)61-48(10,11)12)33-41-23-16-18-25-44(41)57-37-55-30-28-53-14/h15-18,22-25,38-39,42H,19-21,26-37,49H2,1-14H3. The monoisotopic (exact) mass is 930 g/mol. The van der Waals surface area contributed by atoms with Gasteiger partial charge in [0.05, 0.1) is 61.2 Å². The first kappa shape index (κ1) is 57.3. The fourth-order valence-electron chi connectivity index (χ4n) is 7.42. The molecule has 15 heteroatoms. The Morgan fingerprint density at radius 2 is 0.952 bits per heavy atom. The van der Waals surface area contributed by atoms with Crippen LogP contribution in [0, 0.1) is 17.8 Å². The minimum absolute atomic E-state index is 0.0432. The van der Waals surface area contributed by atoms with Crippen LogP contribution in [0.4, 0.5) is 0 Å². The highest BCUT2D eigenvalue weighted by Gasteiger charge is 2.42. The van der Waals surface area contributed by atoms with Crippen LogP contribution in [0.2, 0.25) is 0 Å². The molecule has 2 rings (SSSR count). The summed E-state index contributed by atoms with van der Waals surface area (Å²) in [6.07, 6.45) is 4.21. The summed E-state index contributed by atoms with van der Waals surface area (Å²) in [5, 5.41) is 0. The quantitative estimate of drug-likeness (QED) is 0.0434. The van der Waals surface area contributed by atoms with Crippen LogP contribution in [-0.4, -0.2) is 95.5 Å². The summed E-state index contributed by atoms with van der Waals surface area (Å²) in [6, 6.07) is 15.7. The normalized spacial score (nSPS) is 14.7. The Hall–Kier alpha value is -1.86. The predicted octanol–water partition coefficient (Wildman–Crippen LogP) is 11.5. The van der Waals surface area contributed by atoms with E-state index in [0.717, 1.165) is 30.4 Å². The Morgan fingerprint density at radius 1 is 0.540 bits per heavy atom. The van der Waals surface area contributed by atoms with Crippen LogP contribution in [0.15, 0.2) is 48.5 Å². The highest BCUT2D eigenvalue weighted by atomic mass is 31.2. The van der Waals surface area contributed by atoms with Crippen molar-refractivity contribution in [3.05, 3.63) is 59.7 Å². The van der Waals surface area contributed by atoms with Gasteiger partial charge in [-0.2, -0.15) is 0 Å². The van der Waals surface area contributed by atoms with Crippen molar-refractivity contribution in [2.75, 3.05) is 73.1 Å². The van der Waals surface area contributed by atoms with Gasteiger partial charge in [0.25, 0.3) is 0 Å². The SMILES string of the molecule is COCCOCOc1ccccc1CC(CC(CCCCN)C(Cc1ccccc1OCOCCOC)CP(=O)(OC(C)(C)C)OC(C)(C)C)CP(=O)(OC(C)(C)C)OC(C)(C)C. The van der Waals surface area contributed by atoms with E-state index in [2.05, 4.69) is 0 Å². The molecule has 364 valence electrons. The lowest BCUT2D eigenvalue weighted by Gasteiger charge is -2.38. The summed E-state index contributed by atoms with van der Waals surface area (Å²) in [5.74, 6) is 0.737. The van der Waals surface area contributed by atoms with E-state index in [1.54, 1.807) is 14.2 Å². The molecule has 3 unspecified atom stereocenters. The fraction of sp³-hybridized carbons (Fsp3) is 0.750. The Kier molecular flexibility index (Phi) is 24.6. The van der Waals surface area contributed by atoms with Gasteiger partial charge >= 0.3 is 15.2 Å². The first-order valence-electron chi connectivity index (χ1n) is 22.5. The Labute approximate surface area is 381 Å². The number of nitrogens with two attached hydrogens (primary N) is 1. The van der Waals surface area contributed by atoms with Crippen molar-refractivity contribution < 1.29 is 55.6 Å². The molecule has 0 radical (unpaired) electrons. The van der Waals surface area contributed by atoms with Crippen LogP contribution < -0.4 is 15.2 Å². The second-order valence-electron chi connectivity index (χ2n) is 20.3. The zero-order chi connectivity index (χ0) is 47.4. The van der Waals surface area contributed by atoms with Crippen molar-refractivity contribution in [1.82, 2.24) is 0 Å². The zero-order valence-corrected chi connectivity index (χ0v) is 43.1. The molecule has 0 aliphatic heterocycles. The van der Waals surface area contributed by atoms with Crippen LogP contribution in [0.3, 0.4) is 0 Å². The number of methoxy groups -OCH3 is 2. The number of ether oxygens (including phenoxy) is 6. The van der Waals surface area contributed by atoms with Crippen LogP contribution in [0.25, 0.3) is 0 Å². The Morgan fingerprint density at radius 3 is 1.37 bits per heavy atom. The lowest BCUT2D eigenvalue weighted by atomic mass is 9.78. The van der Waals surface area contributed by atoms with E-state index in [0.29, 0.717) is 63.7 Å². The maximum absolute atomic E-state index is 15.3. The molecule has 2 aromatic rings. The largest absolute Gasteiger partial charge is 0.467 e. The molecule has 0 aliphatic rings. The molecule has 0 saturated heterocycles. The number of hydrogen-bond acceptors (Lipinski definition) is 13. The van der Waals surface area contributed by atoms with Gasteiger partial charge in [-0.1, -0.05) is 49.2 Å². The first-order chi connectivity index (χ1) is 29.3. The minimum atomic E-state index is -3.78. The van der Waals surface area contributed by atoms with E-state index in [-0.39, 0.29) is 43.7 Å². The van der Waals surface area contributed by atoms with E-state index >= 15 is 9.13 Å². The van der Waals surface area contributed by atoms with Gasteiger partial charge in [0.1, 0.15) is 11.5 Å². The maximum atomic E-state index is 15.3. The molecule has 0 heterocycles. The van der Waals surface area contributed by atoms with Gasteiger partial charge < -0.3 is 52.2 Å². The molecule has 0 bridgehead atoms. The number of rotatable bonds is 31. The van der Waals surface area contributed by atoms with Crippen molar-refractivity contribution in [3.8, 4) is 11.5 Å². The average molecular weight is 930 g/mol. The van der Waals surface area contributed by atoms with Crippen molar-refractivity contribution in [3.63, 3.8) is 0 Å². The summed E-state index contributed by atoms with van der Waals surface area (Å²) in [5.41, 5.74) is 4.94. The van der Waals surface area contributed by atoms with E-state index in [1.807, 2.05) is 132 Å². The number of para-hydroxylation sites is 2. The highest BCUT2D eigenvalue weighted by Crippen LogP contribution is 2.59. The molecule has 13 nitrogen and oxygen atoms in total. The third-order valence-corrected chi connectivity index (χ3v) is 14.5. The Balaban J connectivity index is 2.86. The topological polar surface area (TPSA) is 152 Å². The van der Waals surface area contributed by atoms with Crippen LogP contribution in [-0.2, 0) is 59.0 Å². The number of unbranched alkanes of at least 4 members (excludes halogenated alkanes) is 1. The maximum Gasteiger partial charge on any atom is 0.331 e. The zero-order valence-electron chi connectivity index (χ0n) is 41.3. The van der Waals surface area contributed by atoms with Gasteiger partial charge in [-0.25, -0.2) is 0 Å². The molecule has 0 amide bonds. The molecule has 0 aliphatic carbocycles. The van der Waals surface area contributed by atoms with Crippen LogP contribution >= 0.6 is 15.2 Å². The van der Waals surface area contributed by atoms with E-state index < -0.39 is 37.6 Å². The van der Waals surface area contributed by atoms with Crippen LogP contribution in [0.1, 0.15) is 120 Å². The molecule has 0 aromatic heterocycles. The summed E-state index contributed by atoms with van der Waals surface area (Å²) in [7, 11) is -4.29. The van der Waals surface area contributed by atoms with Crippen molar-refractivity contribution >= 4 is 15.2 Å². The smallest absolute Gasteiger partial charge is 0.331 e. The second kappa shape index (κ2) is 27.1. The molecule has 3 atom stereocenters. The van der Waals surface area contributed by atoms with Crippen molar-refractivity contribution in [1.29, 1.82) is 0 Å². The summed E-state index contributed by atoms with van der Waals surface area (Å²) in [4.78, 5) is 0. The Bertz CT molecular complexity index is 1620. The summed E-state index contributed by atoms with van der Waals surface area (Å²) < 4.78 is 90.4. The first-order valence-corrected chi connectivity index (χ1v) is 26.0. The molecule has 0 spiro atoms. The lowest BCUT2D eigenvalue weighted by Crippen LogP contribution is -2.31. The predicted molar refractivity (Wildman–Crippen MR) is 253 cm³/mol. The van der Waals surface area contributed by atoms with Gasteiger partial charge in [0.2, 0.25) is 0 Å². The van der Waals surface area contributed by atoms with Crippen molar-refractivity contribution in [2.45, 2.75) is 144 Å². The third kappa shape index (κ3) is 25.6. The van der Waals surface area contributed by atoms with E-state index in [4.69, 9.17) is 52.2 Å². The van der Waals surface area contributed by atoms with Gasteiger partial charge in [0, 0.05) is 14.2 Å². The van der Waals surface area contributed by atoms with Gasteiger partial charge in [-0.05, 0) is 156 Å². The molecule has 63 heavy (non-hydrogen) atoms. The molecule has 2 aromatic carbocycles. The van der Waals surface area contributed by atoms with Gasteiger partial charge in [-0.15, -0.1) is 0 Å². The van der Waals surface area contributed by atoms with Crippen molar-refractivity contribution in [2.24, 2.45) is 23.5 Å². The molecular weight excluding hydrogens is 844 g/mol. The second-order valence-corrected chi connectivity index (χ2v) is 24.2. The molecular formula is C48H85NO12P2. The van der Waals surface area contributed by atoms with Crippen LogP contribution in [0.5, 0.6) is 11.5 Å². The molecule has 0 fully saturated rings. The third-order valence-electron chi connectivity index (χ3n) is 9.32. The number of benzene rings is 2. The van der Waals surface area contributed by atoms with E-state index in [9.17, 15) is 0 Å². The summed E-state index contributed by atoms with van der Waals surface area (Å²) >= 11 is 0. The van der Waals surface area contributed by atoms with Gasteiger partial charge in [-0.3, -0.25) is 9.13 Å². The fourth-order valence-corrected chi connectivity index (χ4v) is 13.0. The molecule has 2 N–H and O–H groups in total. The van der Waals surface area contributed by atoms with Gasteiger partial charge in [0.15, 0.2) is 13.6 Å². The summed E-state index contributed by atoms with van der Waals surface area (Å²) in [6.45, 7) is 25.0. The lowest BCUT2D eigenvalue weighted by molar-refractivity contribution is -0.00913. The highest BCUT2D eigenvalue weighted by molar-refractivity contribution is 7.54.